The van der Waals surface area contributed by atoms with Crippen molar-refractivity contribution in [1.82, 2.24) is 4.31 Å². The van der Waals surface area contributed by atoms with Gasteiger partial charge in [0.15, 0.2) is 0 Å². The third-order valence-electron chi connectivity index (χ3n) is 4.20. The normalized spacial score (nSPS) is 18.5. The van der Waals surface area contributed by atoms with Crippen molar-refractivity contribution in [2.24, 2.45) is 0 Å². The fourth-order valence-corrected chi connectivity index (χ4v) is 6.11. The highest BCUT2D eigenvalue weighted by molar-refractivity contribution is 8.00. The summed E-state index contributed by atoms with van der Waals surface area (Å²) < 4.78 is 33.1. The average molecular weight is 371 g/mol. The maximum atomic E-state index is 13.1. The Balaban J connectivity index is 1.64. The van der Waals surface area contributed by atoms with Crippen molar-refractivity contribution in [3.05, 3.63) is 78.8 Å². The Morgan fingerprint density at radius 3 is 2.32 bits per heavy atom. The zero-order chi connectivity index (χ0) is 17.3. The van der Waals surface area contributed by atoms with E-state index in [1.807, 2.05) is 48.5 Å². The lowest BCUT2D eigenvalue weighted by Gasteiger charge is -2.21. The molecule has 0 amide bonds. The summed E-state index contributed by atoms with van der Waals surface area (Å²) in [5.41, 5.74) is 2.06. The van der Waals surface area contributed by atoms with Crippen LogP contribution >= 0.6 is 11.8 Å². The number of hydrogen-bond acceptors (Lipinski definition) is 4. The minimum absolute atomic E-state index is 0.297. The highest BCUT2D eigenvalue weighted by Crippen LogP contribution is 2.41. The summed E-state index contributed by atoms with van der Waals surface area (Å²) in [5.74, 6) is 1.43. The van der Waals surface area contributed by atoms with Gasteiger partial charge in [-0.05, 0) is 35.4 Å². The van der Waals surface area contributed by atoms with Gasteiger partial charge in [0.1, 0.15) is 11.1 Å². The number of hydrogen-bond donors (Lipinski definition) is 0. The molecule has 25 heavy (non-hydrogen) atoms. The van der Waals surface area contributed by atoms with Crippen molar-refractivity contribution in [2.45, 2.75) is 10.3 Å². The number of thioether (sulfide) groups is 1. The van der Waals surface area contributed by atoms with Crippen molar-refractivity contribution < 1.29 is 12.8 Å². The Hall–Kier alpha value is -2.02. The predicted octanol–water partition coefficient (Wildman–Crippen LogP) is 4.38. The molecule has 1 saturated heterocycles. The summed E-state index contributed by atoms with van der Waals surface area (Å²) >= 11 is 1.58. The van der Waals surface area contributed by atoms with E-state index in [9.17, 15) is 8.42 Å². The minimum Gasteiger partial charge on any atom is -0.467 e. The fourth-order valence-electron chi connectivity index (χ4n) is 2.94. The molecule has 0 bridgehead atoms. The smallest absolute Gasteiger partial charge is 0.244 e. The van der Waals surface area contributed by atoms with Crippen LogP contribution in [0.2, 0.25) is 0 Å². The molecule has 0 aliphatic carbocycles. The Bertz CT molecular complexity index is 936. The zero-order valence-corrected chi connectivity index (χ0v) is 15.0. The number of sulfonamides is 1. The van der Waals surface area contributed by atoms with Gasteiger partial charge in [0.05, 0.1) is 11.2 Å². The van der Waals surface area contributed by atoms with E-state index in [-0.39, 0.29) is 5.37 Å². The van der Waals surface area contributed by atoms with Gasteiger partial charge in [-0.2, -0.15) is 4.31 Å². The molecule has 1 fully saturated rings. The molecule has 0 saturated carbocycles. The van der Waals surface area contributed by atoms with Crippen LogP contribution in [0.15, 0.2) is 82.3 Å². The Labute approximate surface area is 151 Å². The Kier molecular flexibility index (Phi) is 4.41. The van der Waals surface area contributed by atoms with Crippen LogP contribution in [0.25, 0.3) is 11.1 Å². The number of rotatable bonds is 4. The fraction of sp³-hybridized carbons (Fsp3) is 0.158. The third kappa shape index (κ3) is 3.13. The van der Waals surface area contributed by atoms with E-state index in [0.29, 0.717) is 17.2 Å². The monoisotopic (exact) mass is 371 g/mol. The summed E-state index contributed by atoms with van der Waals surface area (Å²) in [6.45, 7) is 0.485. The van der Waals surface area contributed by atoms with E-state index in [1.54, 1.807) is 36.2 Å². The van der Waals surface area contributed by atoms with Gasteiger partial charge in [-0.15, -0.1) is 11.8 Å². The first kappa shape index (κ1) is 16.4. The highest BCUT2D eigenvalue weighted by Gasteiger charge is 2.38. The van der Waals surface area contributed by atoms with E-state index in [4.69, 9.17) is 4.42 Å². The van der Waals surface area contributed by atoms with Crippen LogP contribution in [0.1, 0.15) is 11.1 Å². The number of benzene rings is 2. The predicted molar refractivity (Wildman–Crippen MR) is 99.7 cm³/mol. The molecular weight excluding hydrogens is 354 g/mol. The first-order valence-corrected chi connectivity index (χ1v) is 10.5. The van der Waals surface area contributed by atoms with Crippen molar-refractivity contribution in [3.8, 4) is 11.1 Å². The molecule has 128 valence electrons. The second-order valence-corrected chi connectivity index (χ2v) is 8.82. The molecule has 1 atom stereocenters. The summed E-state index contributed by atoms with van der Waals surface area (Å²) in [4.78, 5) is 0.311. The van der Waals surface area contributed by atoms with E-state index in [0.717, 1.165) is 16.9 Å². The molecule has 0 unspecified atom stereocenters. The molecule has 2 aromatic carbocycles. The van der Waals surface area contributed by atoms with Gasteiger partial charge < -0.3 is 4.42 Å². The summed E-state index contributed by atoms with van der Waals surface area (Å²) in [6.07, 6.45) is 1.58. The average Bonchev–Trinajstić information content (AvgIpc) is 3.34. The van der Waals surface area contributed by atoms with Crippen molar-refractivity contribution in [2.75, 3.05) is 12.3 Å². The summed E-state index contributed by atoms with van der Waals surface area (Å²) in [7, 11) is -3.56. The van der Waals surface area contributed by atoms with E-state index in [1.165, 1.54) is 4.31 Å². The number of nitrogens with zero attached hydrogens (tertiary/aromatic N) is 1. The second-order valence-electron chi connectivity index (χ2n) is 5.74. The third-order valence-corrected chi connectivity index (χ3v) is 7.44. The van der Waals surface area contributed by atoms with Crippen LogP contribution in [0, 0.1) is 0 Å². The Morgan fingerprint density at radius 2 is 1.64 bits per heavy atom. The van der Waals surface area contributed by atoms with Gasteiger partial charge in [-0.3, -0.25) is 0 Å². The van der Waals surface area contributed by atoms with E-state index in [2.05, 4.69) is 0 Å². The van der Waals surface area contributed by atoms with Crippen LogP contribution in [-0.2, 0) is 10.0 Å². The molecule has 4 nitrogen and oxygen atoms in total. The zero-order valence-electron chi connectivity index (χ0n) is 13.4. The van der Waals surface area contributed by atoms with Crippen LogP contribution < -0.4 is 0 Å². The highest BCUT2D eigenvalue weighted by atomic mass is 32.2. The van der Waals surface area contributed by atoms with Crippen LogP contribution in [0.5, 0.6) is 0 Å². The molecule has 1 aromatic heterocycles. The Morgan fingerprint density at radius 1 is 0.920 bits per heavy atom. The van der Waals surface area contributed by atoms with Gasteiger partial charge in [0.2, 0.25) is 10.0 Å². The van der Waals surface area contributed by atoms with Gasteiger partial charge in [-0.25, -0.2) is 8.42 Å². The largest absolute Gasteiger partial charge is 0.467 e. The molecule has 0 N–H and O–H groups in total. The van der Waals surface area contributed by atoms with Crippen LogP contribution in [0.3, 0.4) is 0 Å². The van der Waals surface area contributed by atoms with Gasteiger partial charge in [0, 0.05) is 12.3 Å². The SMILES string of the molecule is O=S(=O)(c1ccc(-c2ccccc2)cc1)N1CCS[C@@H]1c1ccco1. The summed E-state index contributed by atoms with van der Waals surface area (Å²) in [5, 5.41) is -0.297. The molecule has 0 radical (unpaired) electrons. The van der Waals surface area contributed by atoms with Gasteiger partial charge in [-0.1, -0.05) is 42.5 Å². The van der Waals surface area contributed by atoms with Gasteiger partial charge >= 0.3 is 0 Å². The van der Waals surface area contributed by atoms with Crippen molar-refractivity contribution >= 4 is 21.8 Å². The lowest BCUT2D eigenvalue weighted by Crippen LogP contribution is -2.30. The molecule has 0 spiro atoms. The topological polar surface area (TPSA) is 50.5 Å². The van der Waals surface area contributed by atoms with E-state index >= 15 is 0 Å². The lowest BCUT2D eigenvalue weighted by atomic mass is 10.1. The van der Waals surface area contributed by atoms with Gasteiger partial charge in [0.25, 0.3) is 0 Å². The van der Waals surface area contributed by atoms with Crippen LogP contribution in [-0.4, -0.2) is 25.0 Å². The molecular formula is C19H17NO3S2. The second kappa shape index (κ2) is 6.71. The lowest BCUT2D eigenvalue weighted by molar-refractivity contribution is 0.383. The first-order chi connectivity index (χ1) is 12.2. The van der Waals surface area contributed by atoms with Crippen molar-refractivity contribution in [3.63, 3.8) is 0 Å². The standard InChI is InChI=1S/C19H17NO3S2/c21-25(22,20-12-14-24-19(20)18-7-4-13-23-18)17-10-8-16(9-11-17)15-5-2-1-3-6-15/h1-11,13,19H,12,14H2/t19-/m1/s1. The summed E-state index contributed by atoms with van der Waals surface area (Å²) in [6, 6.07) is 20.6. The minimum atomic E-state index is -3.56. The molecule has 2 heterocycles. The molecule has 1 aliphatic heterocycles. The van der Waals surface area contributed by atoms with Crippen molar-refractivity contribution in [1.29, 1.82) is 0 Å². The van der Waals surface area contributed by atoms with E-state index < -0.39 is 10.0 Å². The van der Waals surface area contributed by atoms with Crippen LogP contribution in [0.4, 0.5) is 0 Å². The molecule has 6 heteroatoms. The number of furan rings is 1. The maximum Gasteiger partial charge on any atom is 0.244 e. The molecule has 4 rings (SSSR count). The molecule has 1 aliphatic rings. The first-order valence-electron chi connectivity index (χ1n) is 7.98. The quantitative estimate of drug-likeness (QED) is 0.683. The maximum absolute atomic E-state index is 13.1. The molecule has 3 aromatic rings.